The summed E-state index contributed by atoms with van der Waals surface area (Å²) < 4.78 is 0. The molecule has 1 saturated heterocycles. The third kappa shape index (κ3) is 6.54. The smallest absolute Gasteiger partial charge is 0.310 e. The fraction of sp³-hybridized carbons (Fsp3) is 0.562. The number of nitrogens with zero attached hydrogens (tertiary/aromatic N) is 1. The lowest BCUT2D eigenvalue weighted by Gasteiger charge is -2.37. The van der Waals surface area contributed by atoms with Crippen LogP contribution in [0.25, 0.3) is 0 Å². The summed E-state index contributed by atoms with van der Waals surface area (Å²) in [6.45, 7) is 4.00. The van der Waals surface area contributed by atoms with Crippen LogP contribution < -0.4 is 26.6 Å². The molecular weight excluding hydrogens is 292 g/mol. The summed E-state index contributed by atoms with van der Waals surface area (Å²) in [6, 6.07) is 9.49. The van der Waals surface area contributed by atoms with Gasteiger partial charge in [-0.3, -0.25) is 10.6 Å². The maximum Gasteiger partial charge on any atom is 0.321 e. The number of carbonyl (C=O) groups excluding carboxylic acids is 1. The topological polar surface area (TPSA) is 80.5 Å². The molecule has 3 atom stereocenters. The lowest BCUT2D eigenvalue weighted by atomic mass is 10.1. The Bertz CT molecular complexity index is 481. The Balaban J connectivity index is 1.78. The number of benzene rings is 1. The maximum atomic E-state index is 12.1. The Labute approximate surface area is 138 Å². The largest absolute Gasteiger partial charge is 0.321 e. The highest BCUT2D eigenvalue weighted by Gasteiger charge is 2.25. The first kappa shape index (κ1) is 17.7. The van der Waals surface area contributed by atoms with E-state index in [4.69, 9.17) is 0 Å². The third-order valence-electron chi connectivity index (χ3n) is 3.67. The van der Waals surface area contributed by atoms with Crippen molar-refractivity contribution in [3.05, 3.63) is 30.3 Å². The molecule has 5 N–H and O–H groups in total. The number of amides is 2. The van der Waals surface area contributed by atoms with Gasteiger partial charge in [0.15, 0.2) is 0 Å². The van der Waals surface area contributed by atoms with Crippen LogP contribution in [0.2, 0.25) is 0 Å². The summed E-state index contributed by atoms with van der Waals surface area (Å²) in [5.74, 6) is 0. The van der Waals surface area contributed by atoms with Crippen LogP contribution in [-0.4, -0.2) is 56.6 Å². The number of rotatable bonds is 6. The normalized spacial score (nSPS) is 24.4. The van der Waals surface area contributed by atoms with Gasteiger partial charge in [0.25, 0.3) is 0 Å². The van der Waals surface area contributed by atoms with Gasteiger partial charge in [0, 0.05) is 24.8 Å². The monoisotopic (exact) mass is 320 g/mol. The van der Waals surface area contributed by atoms with E-state index in [9.17, 15) is 4.79 Å². The molecule has 1 aliphatic heterocycles. The quantitative estimate of drug-likeness (QED) is 0.529. The van der Waals surface area contributed by atoms with E-state index in [1.807, 2.05) is 30.3 Å². The van der Waals surface area contributed by atoms with Gasteiger partial charge in [-0.2, -0.15) is 0 Å². The number of hydrogen-bond acceptors (Lipinski definition) is 5. The third-order valence-corrected chi connectivity index (χ3v) is 3.67. The molecule has 1 aromatic carbocycles. The summed E-state index contributed by atoms with van der Waals surface area (Å²) in [4.78, 5) is 14.2. The summed E-state index contributed by atoms with van der Waals surface area (Å²) in [6.07, 6.45) is 0.874. The average molecular weight is 320 g/mol. The van der Waals surface area contributed by atoms with Gasteiger partial charge < -0.3 is 20.9 Å². The van der Waals surface area contributed by atoms with Crippen LogP contribution in [0.15, 0.2) is 30.3 Å². The summed E-state index contributed by atoms with van der Waals surface area (Å²) >= 11 is 0. The summed E-state index contributed by atoms with van der Waals surface area (Å²) in [7, 11) is 4.11. The zero-order valence-corrected chi connectivity index (χ0v) is 14.1. The molecule has 0 radical (unpaired) electrons. The van der Waals surface area contributed by atoms with Crippen molar-refractivity contribution in [2.45, 2.75) is 31.8 Å². The second-order valence-electron chi connectivity index (χ2n) is 6.18. The van der Waals surface area contributed by atoms with Crippen molar-refractivity contribution in [2.24, 2.45) is 0 Å². The van der Waals surface area contributed by atoms with Crippen molar-refractivity contribution in [2.75, 3.05) is 32.5 Å². The first-order chi connectivity index (χ1) is 11.0. The highest BCUT2D eigenvalue weighted by Crippen LogP contribution is 2.06. The van der Waals surface area contributed by atoms with Gasteiger partial charge in [-0.25, -0.2) is 4.79 Å². The number of hydrogen-bond donors (Lipinski definition) is 5. The fourth-order valence-electron chi connectivity index (χ4n) is 2.53. The number of para-hydroxylation sites is 1. The van der Waals surface area contributed by atoms with Gasteiger partial charge in [0.1, 0.15) is 6.29 Å². The van der Waals surface area contributed by atoms with Crippen LogP contribution in [-0.2, 0) is 0 Å². The molecule has 0 spiro atoms. The number of likely N-dealkylation sites (N-methyl/N-ethyl adjacent to an activating group) is 1. The van der Waals surface area contributed by atoms with Crippen LogP contribution >= 0.6 is 0 Å². The molecule has 7 nitrogen and oxygen atoms in total. The van der Waals surface area contributed by atoms with Crippen LogP contribution in [0.5, 0.6) is 0 Å². The molecule has 1 aliphatic rings. The van der Waals surface area contributed by atoms with Crippen molar-refractivity contribution in [1.82, 2.24) is 26.2 Å². The molecule has 128 valence electrons. The molecule has 1 aromatic rings. The average Bonchev–Trinajstić information content (AvgIpc) is 2.47. The second kappa shape index (κ2) is 8.83. The predicted molar refractivity (Wildman–Crippen MR) is 93.1 cm³/mol. The van der Waals surface area contributed by atoms with E-state index in [1.165, 1.54) is 0 Å². The van der Waals surface area contributed by atoms with Gasteiger partial charge in [0.05, 0.1) is 6.17 Å². The highest BCUT2D eigenvalue weighted by atomic mass is 16.2. The minimum atomic E-state index is -0.265. The summed E-state index contributed by atoms with van der Waals surface area (Å²) in [5, 5.41) is 15.9. The van der Waals surface area contributed by atoms with Crippen LogP contribution in [0.4, 0.5) is 10.5 Å². The number of carbonyl (C=O) groups is 1. The van der Waals surface area contributed by atoms with E-state index >= 15 is 0 Å². The molecule has 0 aromatic heterocycles. The predicted octanol–water partition coefficient (Wildman–Crippen LogP) is 0.540. The molecular formula is C16H28N6O. The van der Waals surface area contributed by atoms with E-state index < -0.39 is 0 Å². The second-order valence-corrected chi connectivity index (χ2v) is 6.18. The molecule has 0 saturated carbocycles. The maximum absolute atomic E-state index is 12.1. The lowest BCUT2D eigenvalue weighted by molar-refractivity contribution is 0.191. The molecule has 0 aliphatic carbocycles. The van der Waals surface area contributed by atoms with Crippen molar-refractivity contribution >= 4 is 11.7 Å². The van der Waals surface area contributed by atoms with Crippen LogP contribution in [0.1, 0.15) is 13.3 Å². The molecule has 1 fully saturated rings. The Morgan fingerprint density at radius 2 is 2.00 bits per heavy atom. The highest BCUT2D eigenvalue weighted by molar-refractivity contribution is 5.89. The fourth-order valence-corrected chi connectivity index (χ4v) is 2.53. The Kier molecular flexibility index (Phi) is 6.79. The molecule has 2 amide bonds. The summed E-state index contributed by atoms with van der Waals surface area (Å²) in [5.41, 5.74) is 0.773. The molecule has 23 heavy (non-hydrogen) atoms. The van der Waals surface area contributed by atoms with Crippen molar-refractivity contribution in [3.8, 4) is 0 Å². The first-order valence-corrected chi connectivity index (χ1v) is 8.05. The first-order valence-electron chi connectivity index (χ1n) is 8.05. The van der Waals surface area contributed by atoms with E-state index in [0.29, 0.717) is 6.04 Å². The molecule has 7 heteroatoms. The lowest BCUT2D eigenvalue weighted by Crippen LogP contribution is -2.68. The van der Waals surface area contributed by atoms with Crippen molar-refractivity contribution in [1.29, 1.82) is 0 Å². The molecule has 2 rings (SSSR count). The van der Waals surface area contributed by atoms with Crippen molar-refractivity contribution < 1.29 is 4.79 Å². The Morgan fingerprint density at radius 1 is 1.26 bits per heavy atom. The zero-order chi connectivity index (χ0) is 16.7. The van der Waals surface area contributed by atoms with Gasteiger partial charge in [0.2, 0.25) is 0 Å². The molecule has 1 heterocycles. The van der Waals surface area contributed by atoms with Gasteiger partial charge >= 0.3 is 6.03 Å². The minimum Gasteiger partial charge on any atom is -0.310 e. The van der Waals surface area contributed by atoms with Gasteiger partial charge in [-0.05, 0) is 39.6 Å². The van der Waals surface area contributed by atoms with E-state index in [1.54, 1.807) is 0 Å². The Morgan fingerprint density at radius 3 is 2.70 bits per heavy atom. The van der Waals surface area contributed by atoms with Crippen LogP contribution in [0, 0.1) is 0 Å². The molecule has 0 bridgehead atoms. The van der Waals surface area contributed by atoms with E-state index in [0.717, 1.165) is 25.2 Å². The van der Waals surface area contributed by atoms with Gasteiger partial charge in [-0.1, -0.05) is 18.2 Å². The number of anilines is 1. The van der Waals surface area contributed by atoms with E-state index in [-0.39, 0.29) is 18.5 Å². The Hall–Kier alpha value is -1.67. The molecule has 3 unspecified atom stereocenters. The van der Waals surface area contributed by atoms with Crippen molar-refractivity contribution in [3.63, 3.8) is 0 Å². The van der Waals surface area contributed by atoms with E-state index in [2.05, 4.69) is 52.5 Å². The number of nitrogens with one attached hydrogen (secondary N) is 5. The minimum absolute atomic E-state index is 0.174. The SMILES string of the molecule is CC1CC(NCCN(C)C)NC(NC(=O)Nc2ccccc2)N1. The van der Waals surface area contributed by atoms with Crippen LogP contribution in [0.3, 0.4) is 0 Å². The standard InChI is InChI=1S/C16H28N6O/c1-12-11-14(17-9-10-22(2)3)20-15(18-12)21-16(23)19-13-7-5-4-6-8-13/h4-8,12,14-15,17-18,20H,9-11H2,1-3H3,(H2,19,21,23). The zero-order valence-electron chi connectivity index (χ0n) is 14.1. The number of urea groups is 1. The van der Waals surface area contributed by atoms with Gasteiger partial charge in [-0.15, -0.1) is 0 Å².